The number of esters is 3. The number of aliphatic hydroxyl groups is 1. The van der Waals surface area contributed by atoms with Crippen LogP contribution >= 0.6 is 0 Å². The zero-order valence-corrected chi connectivity index (χ0v) is 21.9. The summed E-state index contributed by atoms with van der Waals surface area (Å²) in [5.41, 5.74) is -2.83. The lowest BCUT2D eigenvalue weighted by molar-refractivity contribution is -0.215. The highest BCUT2D eigenvalue weighted by atomic mass is 16.6. The second-order valence-electron chi connectivity index (χ2n) is 10.2. The molecule has 1 saturated carbocycles. The topological polar surface area (TPSA) is 151 Å². The zero-order valence-electron chi connectivity index (χ0n) is 21.9. The summed E-state index contributed by atoms with van der Waals surface area (Å²) in [5.74, 6) is -2.70. The number of ether oxygens (including phenoxy) is 4. The van der Waals surface area contributed by atoms with Gasteiger partial charge in [-0.3, -0.25) is 19.4 Å². The molecule has 38 heavy (non-hydrogen) atoms. The third-order valence-corrected chi connectivity index (χ3v) is 7.43. The molecule has 0 aromatic carbocycles. The Morgan fingerprint density at radius 2 is 1.92 bits per heavy atom. The van der Waals surface area contributed by atoms with Gasteiger partial charge in [-0.25, -0.2) is 4.79 Å². The van der Waals surface area contributed by atoms with Crippen molar-refractivity contribution >= 4 is 17.9 Å². The van der Waals surface area contributed by atoms with E-state index < -0.39 is 58.8 Å². The lowest BCUT2D eigenvalue weighted by Crippen LogP contribution is -2.63. The van der Waals surface area contributed by atoms with Crippen LogP contribution in [-0.2, 0) is 28.6 Å². The molecule has 2 aromatic rings. The normalized spacial score (nSPS) is 27.5. The van der Waals surface area contributed by atoms with Crippen molar-refractivity contribution < 1.29 is 42.9 Å². The van der Waals surface area contributed by atoms with E-state index >= 15 is 0 Å². The van der Waals surface area contributed by atoms with Crippen LogP contribution in [0.4, 0.5) is 0 Å². The van der Waals surface area contributed by atoms with Gasteiger partial charge in [-0.15, -0.1) is 0 Å². The summed E-state index contributed by atoms with van der Waals surface area (Å²) >= 11 is 0. The average molecular weight is 530 g/mol. The third kappa shape index (κ3) is 5.15. The first-order valence-electron chi connectivity index (χ1n) is 12.3. The van der Waals surface area contributed by atoms with E-state index in [2.05, 4.69) is 4.98 Å². The molecule has 1 fully saturated rings. The van der Waals surface area contributed by atoms with Crippen LogP contribution in [0.5, 0.6) is 5.75 Å². The van der Waals surface area contributed by atoms with Gasteiger partial charge in [-0.05, 0) is 38.8 Å². The van der Waals surface area contributed by atoms with Crippen molar-refractivity contribution in [2.75, 3.05) is 6.61 Å². The number of carbonyl (C=O) groups excluding carboxylic acids is 3. The predicted molar refractivity (Wildman–Crippen MR) is 131 cm³/mol. The summed E-state index contributed by atoms with van der Waals surface area (Å²) in [5, 5.41) is 11.5. The maximum Gasteiger partial charge on any atom is 0.345 e. The van der Waals surface area contributed by atoms with E-state index in [9.17, 15) is 24.3 Å². The number of rotatable bonds is 6. The zero-order chi connectivity index (χ0) is 27.8. The number of carbonyl (C=O) groups is 3. The van der Waals surface area contributed by atoms with Gasteiger partial charge in [0.25, 0.3) is 0 Å². The molecule has 3 heterocycles. The molecule has 11 heteroatoms. The van der Waals surface area contributed by atoms with Crippen LogP contribution in [0.1, 0.15) is 59.1 Å². The maximum absolute atomic E-state index is 13.1. The third-order valence-electron chi connectivity index (χ3n) is 7.43. The summed E-state index contributed by atoms with van der Waals surface area (Å²) in [6.45, 7) is 6.82. The van der Waals surface area contributed by atoms with E-state index in [1.54, 1.807) is 32.2 Å². The fraction of sp³-hybridized carbons (Fsp3) is 0.519. The van der Waals surface area contributed by atoms with Crippen molar-refractivity contribution in [3.8, 4) is 17.1 Å². The Morgan fingerprint density at radius 1 is 1.18 bits per heavy atom. The van der Waals surface area contributed by atoms with E-state index in [4.69, 9.17) is 23.4 Å². The minimum Gasteiger partial charge on any atom is -0.482 e. The van der Waals surface area contributed by atoms with Gasteiger partial charge in [0.05, 0.1) is 6.10 Å². The second kappa shape index (κ2) is 10.2. The van der Waals surface area contributed by atoms with Gasteiger partial charge in [0.1, 0.15) is 41.0 Å². The molecule has 2 aromatic heterocycles. The smallest absolute Gasteiger partial charge is 0.345 e. The SMILES string of the molecule is CC(=O)OC[C@@](C)(OC(C)=O)[C@@H]1C[C@@H]2[C@@H](O)c3c(cc(-c4cccnc4)oc3=O)O[C@@]2(C)[C@H](OC(C)=O)C1. The fourth-order valence-corrected chi connectivity index (χ4v) is 5.54. The number of fused-ring (bicyclic) bond motifs is 2. The first-order valence-corrected chi connectivity index (χ1v) is 12.3. The number of hydrogen-bond donors (Lipinski definition) is 1. The van der Waals surface area contributed by atoms with Crippen LogP contribution < -0.4 is 10.4 Å². The molecule has 1 aliphatic carbocycles. The van der Waals surface area contributed by atoms with Crippen molar-refractivity contribution in [2.24, 2.45) is 11.8 Å². The molecule has 0 amide bonds. The van der Waals surface area contributed by atoms with Gasteiger partial charge in [-0.2, -0.15) is 0 Å². The van der Waals surface area contributed by atoms with Crippen molar-refractivity contribution in [1.82, 2.24) is 4.98 Å². The molecule has 1 N–H and O–H groups in total. The number of aliphatic hydroxyl groups excluding tert-OH is 1. The molecular weight excluding hydrogens is 498 g/mol. The summed E-state index contributed by atoms with van der Waals surface area (Å²) < 4.78 is 28.4. The molecule has 2 aliphatic rings. The molecule has 0 saturated heterocycles. The monoisotopic (exact) mass is 529 g/mol. The van der Waals surface area contributed by atoms with Gasteiger partial charge in [-0.1, -0.05) is 0 Å². The van der Waals surface area contributed by atoms with Crippen molar-refractivity contribution in [1.29, 1.82) is 0 Å². The summed E-state index contributed by atoms with van der Waals surface area (Å²) in [4.78, 5) is 52.8. The number of pyridine rings is 1. The lowest BCUT2D eigenvalue weighted by atomic mass is 9.62. The van der Waals surface area contributed by atoms with Gasteiger partial charge in [0, 0.05) is 56.6 Å². The maximum atomic E-state index is 13.1. The van der Waals surface area contributed by atoms with Crippen LogP contribution in [0.2, 0.25) is 0 Å². The molecule has 0 radical (unpaired) electrons. The van der Waals surface area contributed by atoms with Crippen LogP contribution in [0.3, 0.4) is 0 Å². The summed E-state index contributed by atoms with van der Waals surface area (Å²) in [6.07, 6.45) is 1.24. The molecule has 0 bridgehead atoms. The van der Waals surface area contributed by atoms with Crippen LogP contribution in [-0.4, -0.2) is 51.9 Å². The summed E-state index contributed by atoms with van der Waals surface area (Å²) in [7, 11) is 0. The largest absolute Gasteiger partial charge is 0.482 e. The molecule has 4 rings (SSSR count). The number of aromatic nitrogens is 1. The highest BCUT2D eigenvalue weighted by molar-refractivity contribution is 5.68. The molecule has 11 nitrogen and oxygen atoms in total. The van der Waals surface area contributed by atoms with E-state index in [1.165, 1.54) is 33.0 Å². The second-order valence-corrected chi connectivity index (χ2v) is 10.2. The van der Waals surface area contributed by atoms with E-state index in [1.807, 2.05) is 0 Å². The molecule has 6 atom stereocenters. The Bertz CT molecular complexity index is 1290. The first kappa shape index (κ1) is 27.3. The molecule has 0 unspecified atom stereocenters. The Kier molecular flexibility index (Phi) is 7.33. The van der Waals surface area contributed by atoms with Crippen LogP contribution in [0, 0.1) is 11.8 Å². The average Bonchev–Trinajstić information content (AvgIpc) is 2.83. The quantitative estimate of drug-likeness (QED) is 0.434. The van der Waals surface area contributed by atoms with Crippen molar-refractivity contribution in [3.63, 3.8) is 0 Å². The van der Waals surface area contributed by atoms with Crippen molar-refractivity contribution in [3.05, 3.63) is 46.6 Å². The predicted octanol–water partition coefficient (Wildman–Crippen LogP) is 2.73. The van der Waals surface area contributed by atoms with Gasteiger partial charge >= 0.3 is 23.5 Å². The lowest BCUT2D eigenvalue weighted by Gasteiger charge is -2.54. The summed E-state index contributed by atoms with van der Waals surface area (Å²) in [6, 6.07) is 4.92. The number of hydrogen-bond acceptors (Lipinski definition) is 11. The highest BCUT2D eigenvalue weighted by Crippen LogP contribution is 2.54. The molecular formula is C27H31NO10. The fourth-order valence-electron chi connectivity index (χ4n) is 5.54. The van der Waals surface area contributed by atoms with E-state index in [-0.39, 0.29) is 36.5 Å². The van der Waals surface area contributed by atoms with Gasteiger partial charge in [0.15, 0.2) is 0 Å². The Labute approximate surface area is 219 Å². The Hall–Kier alpha value is -3.73. The molecule has 1 aliphatic heterocycles. The van der Waals surface area contributed by atoms with Gasteiger partial charge < -0.3 is 28.5 Å². The highest BCUT2D eigenvalue weighted by Gasteiger charge is 2.60. The Morgan fingerprint density at radius 3 is 2.53 bits per heavy atom. The first-order chi connectivity index (χ1) is 17.8. The van der Waals surface area contributed by atoms with E-state index in [0.29, 0.717) is 5.56 Å². The van der Waals surface area contributed by atoms with Crippen LogP contribution in [0.25, 0.3) is 11.3 Å². The van der Waals surface area contributed by atoms with Gasteiger partial charge in [0.2, 0.25) is 0 Å². The Balaban J connectivity index is 1.78. The minimum absolute atomic E-state index is 0.0588. The van der Waals surface area contributed by atoms with Crippen molar-refractivity contribution in [2.45, 2.75) is 70.9 Å². The minimum atomic E-state index is -1.35. The van der Waals surface area contributed by atoms with Crippen LogP contribution in [0.15, 0.2) is 39.8 Å². The standard InChI is InChI=1S/C27H31NO10/c1-14(29)34-13-26(4,37-16(3)31)18-9-19-24(32)23-21(38-27(19,5)22(10-18)35-15(2)30)11-20(36-25(23)33)17-7-6-8-28-12-17/h6-8,11-12,18-19,22,24,32H,9-10,13H2,1-5H3/t18-,19-,22-,24-,26-,27-/m1/s1. The molecule has 204 valence electrons. The van der Waals surface area contributed by atoms with E-state index in [0.717, 1.165) is 0 Å². The number of nitrogens with zero attached hydrogens (tertiary/aromatic N) is 1. The molecule has 0 spiro atoms.